The Morgan fingerprint density at radius 1 is 0.842 bits per heavy atom. The maximum Gasteiger partial charge on any atom is 0.508 e. The first-order valence-electron chi connectivity index (χ1n) is 16.9. The molecule has 0 aromatic carbocycles. The summed E-state index contributed by atoms with van der Waals surface area (Å²) in [6, 6.07) is 0. The van der Waals surface area contributed by atoms with Gasteiger partial charge in [0.05, 0.1) is 6.61 Å². The van der Waals surface area contributed by atoms with E-state index in [9.17, 15) is 4.79 Å². The van der Waals surface area contributed by atoms with Crippen molar-refractivity contribution < 1.29 is 14.3 Å². The van der Waals surface area contributed by atoms with Crippen LogP contribution in [0.15, 0.2) is 11.6 Å². The van der Waals surface area contributed by atoms with Crippen LogP contribution in [0.3, 0.4) is 0 Å². The van der Waals surface area contributed by atoms with Gasteiger partial charge in [-0.15, -0.1) is 0 Å². The van der Waals surface area contributed by atoms with Crippen LogP contribution in [0.2, 0.25) is 0 Å². The molecule has 4 rings (SSSR count). The number of fused-ring (bicyclic) bond motifs is 5. The van der Waals surface area contributed by atoms with Gasteiger partial charge >= 0.3 is 6.16 Å². The van der Waals surface area contributed by atoms with Gasteiger partial charge in [-0.05, 0) is 92.3 Å². The van der Waals surface area contributed by atoms with Crippen LogP contribution in [0.1, 0.15) is 156 Å². The van der Waals surface area contributed by atoms with Crippen LogP contribution in [0.5, 0.6) is 0 Å². The van der Waals surface area contributed by atoms with E-state index in [0.717, 1.165) is 49.4 Å². The zero-order chi connectivity index (χ0) is 27.0. The van der Waals surface area contributed by atoms with Gasteiger partial charge in [-0.3, -0.25) is 0 Å². The summed E-state index contributed by atoms with van der Waals surface area (Å²) in [7, 11) is 0. The summed E-state index contributed by atoms with van der Waals surface area (Å²) in [5.41, 5.74) is 2.48. The predicted octanol–water partition coefficient (Wildman–Crippen LogP) is 10.8. The molecule has 0 aliphatic heterocycles. The summed E-state index contributed by atoms with van der Waals surface area (Å²) in [5.74, 6) is 3.57. The lowest BCUT2D eigenvalue weighted by molar-refractivity contribution is -0.0563. The molecule has 218 valence electrons. The van der Waals surface area contributed by atoms with Gasteiger partial charge < -0.3 is 9.47 Å². The Labute approximate surface area is 235 Å². The van der Waals surface area contributed by atoms with E-state index in [0.29, 0.717) is 17.4 Å². The van der Waals surface area contributed by atoms with Gasteiger partial charge in [0.1, 0.15) is 6.10 Å². The van der Waals surface area contributed by atoms with Crippen molar-refractivity contribution in [3.05, 3.63) is 11.6 Å². The van der Waals surface area contributed by atoms with Crippen molar-refractivity contribution >= 4 is 6.16 Å². The van der Waals surface area contributed by atoms with Crippen LogP contribution in [-0.4, -0.2) is 18.9 Å². The average Bonchev–Trinajstić information content (AvgIpc) is 3.24. The molecule has 4 aliphatic carbocycles. The van der Waals surface area contributed by atoms with Gasteiger partial charge in [0, 0.05) is 6.42 Å². The second-order valence-electron chi connectivity index (χ2n) is 14.1. The van der Waals surface area contributed by atoms with Crippen molar-refractivity contribution in [2.75, 3.05) is 6.61 Å². The topological polar surface area (TPSA) is 35.5 Å². The molecule has 7 unspecified atom stereocenters. The lowest BCUT2D eigenvalue weighted by atomic mass is 9.47. The van der Waals surface area contributed by atoms with E-state index in [2.05, 4.69) is 33.8 Å². The zero-order valence-corrected chi connectivity index (χ0v) is 25.5. The minimum absolute atomic E-state index is 0.000472. The first-order chi connectivity index (χ1) is 18.4. The Balaban J connectivity index is 1.27. The number of rotatable bonds is 14. The standard InChI is InChI=1S/C35H60O3/c1-5-7-9-11-12-14-16-27-18-20-31-30-19-17-28-26-29(38-33(36)37-25-15-13-10-8-6-2)21-23-35(28,4)32(30)22-24-34(27,31)3/h17,27,29-32H,5-16,18-26H2,1-4H3. The van der Waals surface area contributed by atoms with Crippen LogP contribution in [0.4, 0.5) is 4.79 Å². The van der Waals surface area contributed by atoms with Gasteiger partial charge in [-0.25, -0.2) is 4.79 Å². The molecule has 0 saturated heterocycles. The van der Waals surface area contributed by atoms with E-state index in [-0.39, 0.29) is 6.10 Å². The zero-order valence-electron chi connectivity index (χ0n) is 25.5. The molecule has 38 heavy (non-hydrogen) atoms. The molecule has 7 atom stereocenters. The fraction of sp³-hybridized carbons (Fsp3) is 0.914. The Kier molecular flexibility index (Phi) is 11.1. The summed E-state index contributed by atoms with van der Waals surface area (Å²) >= 11 is 0. The van der Waals surface area contributed by atoms with Crippen LogP contribution in [0, 0.1) is 34.5 Å². The summed E-state index contributed by atoms with van der Waals surface area (Å²) in [6.07, 6.45) is 28.1. The van der Waals surface area contributed by atoms with Gasteiger partial charge in [-0.1, -0.05) is 104 Å². The molecular weight excluding hydrogens is 468 g/mol. The summed E-state index contributed by atoms with van der Waals surface area (Å²) in [6.45, 7) is 10.3. The second-order valence-corrected chi connectivity index (χ2v) is 14.1. The van der Waals surface area contributed by atoms with Crippen molar-refractivity contribution in [1.29, 1.82) is 0 Å². The molecule has 0 N–H and O–H groups in total. The molecule has 0 aromatic heterocycles. The number of hydrogen-bond acceptors (Lipinski definition) is 3. The minimum atomic E-state index is -0.445. The van der Waals surface area contributed by atoms with Gasteiger partial charge in [-0.2, -0.15) is 0 Å². The number of allylic oxidation sites excluding steroid dienone is 1. The Bertz CT molecular complexity index is 773. The van der Waals surface area contributed by atoms with E-state index in [1.165, 1.54) is 103 Å². The normalized spacial score (nSPS) is 36.1. The van der Waals surface area contributed by atoms with Gasteiger partial charge in [0.15, 0.2) is 0 Å². The van der Waals surface area contributed by atoms with Gasteiger partial charge in [0.2, 0.25) is 0 Å². The fourth-order valence-electron chi connectivity index (χ4n) is 9.51. The monoisotopic (exact) mass is 528 g/mol. The summed E-state index contributed by atoms with van der Waals surface area (Å²) in [4.78, 5) is 12.3. The first kappa shape index (κ1) is 30.0. The van der Waals surface area contributed by atoms with Gasteiger partial charge in [0.25, 0.3) is 0 Å². The van der Waals surface area contributed by atoms with E-state index < -0.39 is 6.16 Å². The summed E-state index contributed by atoms with van der Waals surface area (Å²) in [5, 5.41) is 0. The average molecular weight is 529 g/mol. The molecule has 3 heteroatoms. The highest BCUT2D eigenvalue weighted by molar-refractivity contribution is 5.60. The highest BCUT2D eigenvalue weighted by Gasteiger charge is 2.58. The van der Waals surface area contributed by atoms with Crippen molar-refractivity contribution in [3.63, 3.8) is 0 Å². The summed E-state index contributed by atoms with van der Waals surface area (Å²) < 4.78 is 11.2. The maximum absolute atomic E-state index is 12.3. The molecule has 0 spiro atoms. The quantitative estimate of drug-likeness (QED) is 0.128. The smallest absolute Gasteiger partial charge is 0.434 e. The third-order valence-electron chi connectivity index (χ3n) is 11.9. The molecular formula is C35H60O3. The largest absolute Gasteiger partial charge is 0.508 e. The Morgan fingerprint density at radius 3 is 2.32 bits per heavy atom. The van der Waals surface area contributed by atoms with Crippen LogP contribution >= 0.6 is 0 Å². The Hall–Kier alpha value is -0.990. The lowest BCUT2D eigenvalue weighted by Gasteiger charge is -2.58. The first-order valence-corrected chi connectivity index (χ1v) is 16.9. The second kappa shape index (κ2) is 14.1. The molecule has 0 amide bonds. The molecule has 4 aliphatic rings. The number of carbonyl (C=O) groups is 1. The molecule has 3 fully saturated rings. The van der Waals surface area contributed by atoms with E-state index in [1.54, 1.807) is 5.57 Å². The Morgan fingerprint density at radius 2 is 1.55 bits per heavy atom. The van der Waals surface area contributed by atoms with Crippen LogP contribution < -0.4 is 0 Å². The molecule has 0 bridgehead atoms. The maximum atomic E-state index is 12.3. The number of ether oxygens (including phenoxy) is 2. The van der Waals surface area contributed by atoms with E-state index in [4.69, 9.17) is 9.47 Å². The fourth-order valence-corrected chi connectivity index (χ4v) is 9.51. The van der Waals surface area contributed by atoms with E-state index >= 15 is 0 Å². The van der Waals surface area contributed by atoms with Crippen molar-refractivity contribution in [3.8, 4) is 0 Å². The van der Waals surface area contributed by atoms with Crippen molar-refractivity contribution in [1.82, 2.24) is 0 Å². The van der Waals surface area contributed by atoms with Crippen molar-refractivity contribution in [2.24, 2.45) is 34.5 Å². The number of carbonyl (C=O) groups excluding carboxylic acids is 1. The highest BCUT2D eigenvalue weighted by atomic mass is 16.7. The number of unbranched alkanes of at least 4 members (excludes halogenated alkanes) is 9. The minimum Gasteiger partial charge on any atom is -0.434 e. The molecule has 0 heterocycles. The molecule has 0 aromatic rings. The predicted molar refractivity (Wildman–Crippen MR) is 158 cm³/mol. The van der Waals surface area contributed by atoms with Crippen LogP contribution in [0.25, 0.3) is 0 Å². The molecule has 0 radical (unpaired) electrons. The number of hydrogen-bond donors (Lipinski definition) is 0. The highest BCUT2D eigenvalue weighted by Crippen LogP contribution is 2.66. The molecule has 3 nitrogen and oxygen atoms in total. The van der Waals surface area contributed by atoms with Crippen molar-refractivity contribution in [2.45, 2.75) is 162 Å². The van der Waals surface area contributed by atoms with E-state index in [1.807, 2.05) is 0 Å². The third kappa shape index (κ3) is 6.83. The SMILES string of the molecule is CCCCCCCCC1CCC2C3CC=C4CC(OC(=O)OCCCCCCC)CCC4(C)C3CCC12C. The molecule has 3 saturated carbocycles. The third-order valence-corrected chi connectivity index (χ3v) is 11.9. The van der Waals surface area contributed by atoms with Crippen LogP contribution in [-0.2, 0) is 9.47 Å². The lowest BCUT2D eigenvalue weighted by Crippen LogP contribution is -2.50.